The summed E-state index contributed by atoms with van der Waals surface area (Å²) in [5.41, 5.74) is 0. The highest BCUT2D eigenvalue weighted by molar-refractivity contribution is 5.82. The highest BCUT2D eigenvalue weighted by atomic mass is 16.5. The van der Waals surface area contributed by atoms with E-state index in [-0.39, 0.29) is 25.8 Å². The average Bonchev–Trinajstić information content (AvgIpc) is 2.30. The molecule has 1 amide bonds. The Balaban J connectivity index is 4.26. The molecule has 0 radical (unpaired) electrons. The summed E-state index contributed by atoms with van der Waals surface area (Å²) in [6.45, 7) is 2.05. The monoisotopic (exact) mass is 261 g/mol. The van der Waals surface area contributed by atoms with Gasteiger partial charge in [0.05, 0.1) is 5.92 Å². The molecule has 0 aromatic rings. The van der Waals surface area contributed by atoms with Gasteiger partial charge in [0.25, 0.3) is 0 Å². The lowest BCUT2D eigenvalue weighted by Crippen LogP contribution is -2.32. The molecule has 0 rings (SSSR count). The molecule has 0 bridgehead atoms. The molecule has 18 heavy (non-hydrogen) atoms. The number of nitrogens with zero attached hydrogens (tertiary/aromatic N) is 1. The van der Waals surface area contributed by atoms with Crippen LogP contribution in [0.2, 0.25) is 0 Å². The molecule has 0 aliphatic rings. The first-order chi connectivity index (χ1) is 8.38. The zero-order valence-electron chi connectivity index (χ0n) is 10.3. The van der Waals surface area contributed by atoms with Crippen molar-refractivity contribution >= 4 is 17.8 Å². The zero-order chi connectivity index (χ0) is 14.1. The molecule has 3 N–H and O–H groups in total. The van der Waals surface area contributed by atoms with Gasteiger partial charge in [-0.3, -0.25) is 19.6 Å². The molecule has 0 fully saturated rings. The van der Waals surface area contributed by atoms with E-state index in [2.05, 4.69) is 0 Å². The lowest BCUT2D eigenvalue weighted by molar-refractivity contribution is -0.169. The van der Waals surface area contributed by atoms with Crippen molar-refractivity contribution in [3.8, 4) is 0 Å². The maximum absolute atomic E-state index is 11.5. The first-order valence-corrected chi connectivity index (χ1v) is 5.82. The molecule has 104 valence electrons. The van der Waals surface area contributed by atoms with Crippen molar-refractivity contribution in [3.63, 3.8) is 0 Å². The maximum atomic E-state index is 11.5. The summed E-state index contributed by atoms with van der Waals surface area (Å²) in [6, 6.07) is 0. The minimum absolute atomic E-state index is 0.127. The molecule has 0 spiro atoms. The van der Waals surface area contributed by atoms with Gasteiger partial charge >= 0.3 is 11.9 Å². The first-order valence-electron chi connectivity index (χ1n) is 5.82. The van der Waals surface area contributed by atoms with Gasteiger partial charge in [-0.25, -0.2) is 5.06 Å². The Morgan fingerprint density at radius 1 is 1.22 bits per heavy atom. The summed E-state index contributed by atoms with van der Waals surface area (Å²) in [5, 5.41) is 27.1. The van der Waals surface area contributed by atoms with E-state index in [9.17, 15) is 19.6 Å². The Morgan fingerprint density at radius 2 is 1.83 bits per heavy atom. The number of rotatable bonds is 9. The molecule has 0 heterocycles. The van der Waals surface area contributed by atoms with E-state index in [4.69, 9.17) is 10.2 Å². The van der Waals surface area contributed by atoms with Crippen LogP contribution in [0.5, 0.6) is 0 Å². The minimum Gasteiger partial charge on any atom is -0.481 e. The molecule has 1 unspecified atom stereocenters. The van der Waals surface area contributed by atoms with Gasteiger partial charge in [-0.05, 0) is 12.8 Å². The van der Waals surface area contributed by atoms with Gasteiger partial charge in [0, 0.05) is 19.4 Å². The van der Waals surface area contributed by atoms with Crippen LogP contribution >= 0.6 is 0 Å². The Bertz CT molecular complexity index is 304. The summed E-state index contributed by atoms with van der Waals surface area (Å²) < 4.78 is 0. The number of aliphatic carboxylic acids is 2. The second-order valence-corrected chi connectivity index (χ2v) is 4.04. The SMILES string of the molecule is CCCCN(O)C(=O)CC(CCC(=O)O)C(=O)O. The third-order valence-electron chi connectivity index (χ3n) is 2.49. The van der Waals surface area contributed by atoms with Crippen LogP contribution in [0.3, 0.4) is 0 Å². The Kier molecular flexibility index (Phi) is 7.69. The van der Waals surface area contributed by atoms with E-state index in [1.807, 2.05) is 6.92 Å². The number of unbranched alkanes of at least 4 members (excludes halogenated alkanes) is 1. The van der Waals surface area contributed by atoms with Crippen LogP contribution in [0.1, 0.15) is 39.0 Å². The van der Waals surface area contributed by atoms with Gasteiger partial charge < -0.3 is 10.2 Å². The zero-order valence-corrected chi connectivity index (χ0v) is 10.3. The van der Waals surface area contributed by atoms with Gasteiger partial charge in [-0.15, -0.1) is 0 Å². The lowest BCUT2D eigenvalue weighted by Gasteiger charge is -2.17. The first kappa shape index (κ1) is 16.4. The molecule has 0 aliphatic heterocycles. The van der Waals surface area contributed by atoms with Gasteiger partial charge in [-0.1, -0.05) is 13.3 Å². The van der Waals surface area contributed by atoms with E-state index < -0.39 is 23.8 Å². The van der Waals surface area contributed by atoms with Crippen molar-refractivity contribution in [3.05, 3.63) is 0 Å². The number of amides is 1. The predicted octanol–water partition coefficient (Wildman–Crippen LogP) is 0.960. The third-order valence-corrected chi connectivity index (χ3v) is 2.49. The molecular formula is C11H19NO6. The van der Waals surface area contributed by atoms with Gasteiger partial charge in [0.2, 0.25) is 5.91 Å². The fourth-order valence-electron chi connectivity index (χ4n) is 1.36. The van der Waals surface area contributed by atoms with E-state index in [1.165, 1.54) is 0 Å². The number of hydroxylamine groups is 2. The molecule has 0 aliphatic carbocycles. The summed E-state index contributed by atoms with van der Waals surface area (Å²) in [5.74, 6) is -4.11. The normalized spacial score (nSPS) is 11.9. The van der Waals surface area contributed by atoms with Crippen LogP contribution in [-0.4, -0.2) is 44.9 Å². The Morgan fingerprint density at radius 3 is 2.28 bits per heavy atom. The largest absolute Gasteiger partial charge is 0.481 e. The Labute approximate surface area is 105 Å². The number of carbonyl (C=O) groups is 3. The minimum atomic E-state index is -1.23. The van der Waals surface area contributed by atoms with Crippen molar-refractivity contribution in [2.24, 2.45) is 5.92 Å². The Hall–Kier alpha value is -1.63. The standard InChI is InChI=1S/C11H19NO6/c1-2-3-6-12(18)9(13)7-8(11(16)17)4-5-10(14)15/h8,18H,2-7H2,1H3,(H,14,15)(H,16,17). The summed E-state index contributed by atoms with van der Waals surface area (Å²) in [4.78, 5) is 32.7. The van der Waals surface area contributed by atoms with Gasteiger partial charge in [-0.2, -0.15) is 0 Å². The number of hydrogen-bond donors (Lipinski definition) is 3. The van der Waals surface area contributed by atoms with Crippen LogP contribution in [0.4, 0.5) is 0 Å². The summed E-state index contributed by atoms with van der Waals surface area (Å²) in [7, 11) is 0. The fraction of sp³-hybridized carbons (Fsp3) is 0.727. The number of carboxylic acid groups (broad SMARTS) is 2. The summed E-state index contributed by atoms with van der Waals surface area (Å²) in [6.07, 6.45) is 0.590. The van der Waals surface area contributed by atoms with Crippen LogP contribution in [-0.2, 0) is 14.4 Å². The van der Waals surface area contributed by atoms with Gasteiger partial charge in [0.15, 0.2) is 0 Å². The van der Waals surface area contributed by atoms with Crippen molar-refractivity contribution in [1.82, 2.24) is 5.06 Å². The third kappa shape index (κ3) is 6.85. The molecule has 0 aromatic carbocycles. The van der Waals surface area contributed by atoms with E-state index >= 15 is 0 Å². The molecule has 7 nitrogen and oxygen atoms in total. The molecule has 7 heteroatoms. The van der Waals surface area contributed by atoms with Gasteiger partial charge in [0.1, 0.15) is 0 Å². The highest BCUT2D eigenvalue weighted by Gasteiger charge is 2.24. The quantitative estimate of drug-likeness (QED) is 0.420. The van der Waals surface area contributed by atoms with E-state index in [0.29, 0.717) is 11.5 Å². The summed E-state index contributed by atoms with van der Waals surface area (Å²) >= 11 is 0. The number of carbonyl (C=O) groups excluding carboxylic acids is 1. The maximum Gasteiger partial charge on any atom is 0.307 e. The van der Waals surface area contributed by atoms with Crippen molar-refractivity contribution < 1.29 is 29.8 Å². The van der Waals surface area contributed by atoms with Crippen LogP contribution in [0.25, 0.3) is 0 Å². The second kappa shape index (κ2) is 8.46. The van der Waals surface area contributed by atoms with Crippen molar-refractivity contribution in [1.29, 1.82) is 0 Å². The highest BCUT2D eigenvalue weighted by Crippen LogP contribution is 2.13. The molecule has 0 aromatic heterocycles. The fourth-order valence-corrected chi connectivity index (χ4v) is 1.36. The van der Waals surface area contributed by atoms with Crippen LogP contribution < -0.4 is 0 Å². The van der Waals surface area contributed by atoms with Crippen LogP contribution in [0, 0.1) is 5.92 Å². The molecule has 1 atom stereocenters. The molecule has 0 saturated heterocycles. The van der Waals surface area contributed by atoms with E-state index in [0.717, 1.165) is 6.42 Å². The smallest absolute Gasteiger partial charge is 0.307 e. The van der Waals surface area contributed by atoms with Crippen LogP contribution in [0.15, 0.2) is 0 Å². The second-order valence-electron chi connectivity index (χ2n) is 4.04. The molecular weight excluding hydrogens is 242 g/mol. The topological polar surface area (TPSA) is 115 Å². The lowest BCUT2D eigenvalue weighted by atomic mass is 9.99. The number of carboxylic acids is 2. The number of hydrogen-bond acceptors (Lipinski definition) is 4. The predicted molar refractivity (Wildman–Crippen MR) is 61.0 cm³/mol. The average molecular weight is 261 g/mol. The van der Waals surface area contributed by atoms with E-state index in [1.54, 1.807) is 0 Å². The molecule has 0 saturated carbocycles. The van der Waals surface area contributed by atoms with Crippen molar-refractivity contribution in [2.75, 3.05) is 6.54 Å². The van der Waals surface area contributed by atoms with Crippen molar-refractivity contribution in [2.45, 2.75) is 39.0 Å².